The Labute approximate surface area is 121 Å². The van der Waals surface area contributed by atoms with Crippen molar-refractivity contribution in [3.05, 3.63) is 35.9 Å². The van der Waals surface area contributed by atoms with Gasteiger partial charge in [-0.05, 0) is 47.5 Å². The van der Waals surface area contributed by atoms with E-state index in [0.29, 0.717) is 25.1 Å². The Morgan fingerprint density at radius 1 is 1.33 bits per heavy atom. The molecule has 2 heterocycles. The van der Waals surface area contributed by atoms with Gasteiger partial charge in [-0.25, -0.2) is 9.07 Å². The molecule has 1 aliphatic heterocycles. The zero-order valence-corrected chi connectivity index (χ0v) is 11.7. The molecule has 0 aliphatic carbocycles. The number of amides is 1. The lowest BCUT2D eigenvalue weighted by Crippen LogP contribution is -2.33. The number of aryl methyl sites for hydroxylation is 2. The van der Waals surface area contributed by atoms with E-state index in [1.165, 1.54) is 12.1 Å². The molecule has 7 heteroatoms. The van der Waals surface area contributed by atoms with Crippen LogP contribution < -0.4 is 4.90 Å². The number of fused-ring (bicyclic) bond motifs is 1. The highest BCUT2D eigenvalue weighted by Crippen LogP contribution is 2.23. The van der Waals surface area contributed by atoms with Crippen LogP contribution in [-0.4, -0.2) is 33.2 Å². The van der Waals surface area contributed by atoms with Crippen LogP contribution >= 0.6 is 0 Å². The third-order valence-corrected chi connectivity index (χ3v) is 3.91. The van der Waals surface area contributed by atoms with Crippen molar-refractivity contribution in [2.75, 3.05) is 11.9 Å². The minimum Gasteiger partial charge on any atom is -0.315 e. The summed E-state index contributed by atoms with van der Waals surface area (Å²) in [6.07, 6.45) is 2.13. The van der Waals surface area contributed by atoms with Crippen molar-refractivity contribution in [2.45, 2.75) is 25.8 Å². The van der Waals surface area contributed by atoms with Gasteiger partial charge in [0, 0.05) is 31.6 Å². The average Bonchev–Trinajstić information content (AvgIpc) is 2.85. The number of halogens is 1. The minimum absolute atomic E-state index is 0.0420. The number of carbonyl (C=O) groups is 1. The van der Waals surface area contributed by atoms with Gasteiger partial charge >= 0.3 is 0 Å². The second kappa shape index (κ2) is 5.59. The Morgan fingerprint density at radius 3 is 2.86 bits per heavy atom. The maximum Gasteiger partial charge on any atom is 0.229 e. The summed E-state index contributed by atoms with van der Waals surface area (Å²) in [5.41, 5.74) is 0.697. The lowest BCUT2D eigenvalue weighted by atomic mass is 9.98. The molecule has 1 unspecified atom stereocenters. The first-order chi connectivity index (χ1) is 10.1. The summed E-state index contributed by atoms with van der Waals surface area (Å²) >= 11 is 0. The van der Waals surface area contributed by atoms with E-state index in [9.17, 15) is 9.18 Å². The van der Waals surface area contributed by atoms with Crippen LogP contribution in [0.4, 0.5) is 10.1 Å². The van der Waals surface area contributed by atoms with E-state index < -0.39 is 0 Å². The summed E-state index contributed by atoms with van der Waals surface area (Å²) in [5.74, 6) is 0.483. The van der Waals surface area contributed by atoms with Gasteiger partial charge in [0.05, 0.1) is 0 Å². The molecule has 0 spiro atoms. The molecule has 1 atom stereocenters. The van der Waals surface area contributed by atoms with Gasteiger partial charge in [0.1, 0.15) is 5.82 Å². The van der Waals surface area contributed by atoms with E-state index in [1.807, 2.05) is 0 Å². The number of hydrogen-bond acceptors (Lipinski definition) is 4. The monoisotopic (exact) mass is 289 g/mol. The van der Waals surface area contributed by atoms with E-state index in [0.717, 1.165) is 12.2 Å². The van der Waals surface area contributed by atoms with Gasteiger partial charge in [0.25, 0.3) is 0 Å². The number of carbonyl (C=O) groups excluding carboxylic acids is 1. The normalized spacial score (nSPS) is 17.9. The van der Waals surface area contributed by atoms with Crippen molar-refractivity contribution in [3.8, 4) is 0 Å². The van der Waals surface area contributed by atoms with E-state index in [1.54, 1.807) is 28.8 Å². The fraction of sp³-hybridized carbons (Fsp3) is 0.429. The van der Waals surface area contributed by atoms with Crippen LogP contribution in [0.2, 0.25) is 0 Å². The van der Waals surface area contributed by atoms with Crippen LogP contribution in [0.15, 0.2) is 24.3 Å². The zero-order valence-electron chi connectivity index (χ0n) is 11.7. The first kappa shape index (κ1) is 13.7. The summed E-state index contributed by atoms with van der Waals surface area (Å²) in [5, 5.41) is 11.5. The number of anilines is 1. The lowest BCUT2D eigenvalue weighted by Gasteiger charge is -2.22. The summed E-state index contributed by atoms with van der Waals surface area (Å²) in [6.45, 7) is 0.649. The smallest absolute Gasteiger partial charge is 0.229 e. The number of aromatic nitrogens is 4. The van der Waals surface area contributed by atoms with Gasteiger partial charge < -0.3 is 4.90 Å². The summed E-state index contributed by atoms with van der Waals surface area (Å²) < 4.78 is 14.7. The molecule has 1 aliphatic rings. The van der Waals surface area contributed by atoms with Crippen LogP contribution in [0.5, 0.6) is 0 Å². The standard InChI is InChI=1S/C14H16FN5O/c1-19(12-5-3-11(15)4-6-12)14(21)10-2-7-13-16-17-18-20(13)9-8-10/h3-6,10H,2,7-9H2,1H3. The molecule has 110 valence electrons. The number of benzene rings is 1. The van der Waals surface area contributed by atoms with E-state index in [-0.39, 0.29) is 17.6 Å². The SMILES string of the molecule is CN(C(=O)C1CCc2nnnn2CC1)c1ccc(F)cc1. The van der Waals surface area contributed by atoms with Gasteiger partial charge in [-0.15, -0.1) is 5.10 Å². The van der Waals surface area contributed by atoms with Gasteiger partial charge in [0.15, 0.2) is 5.82 Å². The maximum atomic E-state index is 12.9. The Kier molecular flexibility index (Phi) is 3.64. The number of tetrazole rings is 1. The third-order valence-electron chi connectivity index (χ3n) is 3.91. The highest BCUT2D eigenvalue weighted by Gasteiger charge is 2.26. The van der Waals surface area contributed by atoms with E-state index in [4.69, 9.17) is 0 Å². The summed E-state index contributed by atoms with van der Waals surface area (Å²) in [7, 11) is 1.72. The summed E-state index contributed by atoms with van der Waals surface area (Å²) in [4.78, 5) is 14.2. The first-order valence-electron chi connectivity index (χ1n) is 6.93. The topological polar surface area (TPSA) is 63.9 Å². The van der Waals surface area contributed by atoms with Crippen molar-refractivity contribution in [1.82, 2.24) is 20.2 Å². The molecule has 6 nitrogen and oxygen atoms in total. The zero-order chi connectivity index (χ0) is 14.8. The Balaban J connectivity index is 1.70. The number of hydrogen-bond donors (Lipinski definition) is 0. The lowest BCUT2D eigenvalue weighted by molar-refractivity contribution is -0.122. The van der Waals surface area contributed by atoms with Gasteiger partial charge in [0.2, 0.25) is 5.91 Å². The Bertz CT molecular complexity index is 617. The fourth-order valence-electron chi connectivity index (χ4n) is 2.61. The largest absolute Gasteiger partial charge is 0.315 e. The van der Waals surface area contributed by atoms with E-state index >= 15 is 0 Å². The number of rotatable bonds is 2. The van der Waals surface area contributed by atoms with Crippen LogP contribution in [0, 0.1) is 11.7 Å². The molecule has 0 radical (unpaired) electrons. The van der Waals surface area contributed by atoms with Crippen molar-refractivity contribution >= 4 is 11.6 Å². The first-order valence-corrected chi connectivity index (χ1v) is 6.93. The van der Waals surface area contributed by atoms with Crippen molar-refractivity contribution in [3.63, 3.8) is 0 Å². The van der Waals surface area contributed by atoms with Gasteiger partial charge in [-0.1, -0.05) is 0 Å². The summed E-state index contributed by atoms with van der Waals surface area (Å²) in [6, 6.07) is 5.94. The minimum atomic E-state index is -0.307. The molecular formula is C14H16FN5O. The van der Waals surface area contributed by atoms with E-state index in [2.05, 4.69) is 15.5 Å². The molecule has 3 rings (SSSR count). The molecule has 1 aromatic carbocycles. The highest BCUT2D eigenvalue weighted by atomic mass is 19.1. The van der Waals surface area contributed by atoms with Crippen molar-refractivity contribution in [1.29, 1.82) is 0 Å². The molecule has 21 heavy (non-hydrogen) atoms. The quantitative estimate of drug-likeness (QED) is 0.839. The number of nitrogens with zero attached hydrogens (tertiary/aromatic N) is 5. The van der Waals surface area contributed by atoms with Crippen LogP contribution in [-0.2, 0) is 17.8 Å². The van der Waals surface area contributed by atoms with Gasteiger partial charge in [-0.2, -0.15) is 0 Å². The Morgan fingerprint density at radius 2 is 2.10 bits per heavy atom. The Hall–Kier alpha value is -2.31. The van der Waals surface area contributed by atoms with Crippen LogP contribution in [0.3, 0.4) is 0 Å². The molecule has 1 amide bonds. The second-order valence-electron chi connectivity index (χ2n) is 5.22. The molecule has 0 saturated carbocycles. The molecule has 2 aromatic rings. The predicted octanol–water partition coefficient (Wildman–Crippen LogP) is 1.43. The molecule has 0 N–H and O–H groups in total. The predicted molar refractivity (Wildman–Crippen MR) is 74.1 cm³/mol. The molecule has 0 saturated heterocycles. The molecule has 1 aromatic heterocycles. The highest BCUT2D eigenvalue weighted by molar-refractivity contribution is 5.94. The third kappa shape index (κ3) is 2.76. The van der Waals surface area contributed by atoms with Crippen LogP contribution in [0.25, 0.3) is 0 Å². The van der Waals surface area contributed by atoms with Crippen molar-refractivity contribution < 1.29 is 9.18 Å². The average molecular weight is 289 g/mol. The fourth-order valence-corrected chi connectivity index (χ4v) is 2.61. The van der Waals surface area contributed by atoms with Crippen molar-refractivity contribution in [2.24, 2.45) is 5.92 Å². The molecular weight excluding hydrogens is 273 g/mol. The second-order valence-corrected chi connectivity index (χ2v) is 5.22. The molecule has 0 bridgehead atoms. The van der Waals surface area contributed by atoms with Crippen LogP contribution in [0.1, 0.15) is 18.7 Å². The maximum absolute atomic E-state index is 12.9. The van der Waals surface area contributed by atoms with Gasteiger partial charge in [-0.3, -0.25) is 4.79 Å². The molecule has 0 fully saturated rings.